The predicted molar refractivity (Wildman–Crippen MR) is 137 cm³/mol. The van der Waals surface area contributed by atoms with E-state index in [-0.39, 0.29) is 11.5 Å². The van der Waals surface area contributed by atoms with Gasteiger partial charge in [0.15, 0.2) is 11.5 Å². The number of methoxy groups -OCH3 is 2. The minimum Gasteiger partial charge on any atom is -0.493 e. The van der Waals surface area contributed by atoms with Crippen molar-refractivity contribution in [3.8, 4) is 11.5 Å². The van der Waals surface area contributed by atoms with Crippen molar-refractivity contribution in [1.29, 1.82) is 0 Å². The van der Waals surface area contributed by atoms with Gasteiger partial charge in [0.1, 0.15) is 5.52 Å². The molecule has 186 valence electrons. The van der Waals surface area contributed by atoms with Crippen LogP contribution >= 0.6 is 0 Å². The van der Waals surface area contributed by atoms with E-state index in [0.29, 0.717) is 42.1 Å². The molecule has 8 nitrogen and oxygen atoms in total. The van der Waals surface area contributed by atoms with Gasteiger partial charge in [-0.2, -0.15) is 5.10 Å². The summed E-state index contributed by atoms with van der Waals surface area (Å²) in [6.07, 6.45) is 8.38. The summed E-state index contributed by atoms with van der Waals surface area (Å²) < 4.78 is 14.0. The first-order valence-electron chi connectivity index (χ1n) is 12.2. The van der Waals surface area contributed by atoms with E-state index in [1.165, 1.54) is 0 Å². The molecule has 2 heterocycles. The average Bonchev–Trinajstić information content (AvgIpc) is 3.30. The molecule has 1 amide bonds. The van der Waals surface area contributed by atoms with E-state index in [1.807, 2.05) is 36.5 Å². The molecule has 0 saturated heterocycles. The Labute approximate surface area is 209 Å². The molecule has 0 radical (unpaired) electrons. The first kappa shape index (κ1) is 23.7. The lowest BCUT2D eigenvalue weighted by Gasteiger charge is -2.11. The van der Waals surface area contributed by atoms with Crippen LogP contribution in [0.3, 0.4) is 0 Å². The van der Waals surface area contributed by atoms with Crippen molar-refractivity contribution in [3.05, 3.63) is 93.2 Å². The molecule has 0 bridgehead atoms. The van der Waals surface area contributed by atoms with Gasteiger partial charge in [-0.05, 0) is 67.5 Å². The lowest BCUT2D eigenvalue weighted by Crippen LogP contribution is -2.26. The van der Waals surface area contributed by atoms with Gasteiger partial charge in [-0.25, -0.2) is 4.52 Å². The summed E-state index contributed by atoms with van der Waals surface area (Å²) in [5, 5.41) is 7.56. The van der Waals surface area contributed by atoms with Gasteiger partial charge < -0.3 is 19.4 Å². The van der Waals surface area contributed by atoms with Crippen molar-refractivity contribution in [3.63, 3.8) is 0 Å². The van der Waals surface area contributed by atoms with Crippen LogP contribution < -0.4 is 20.3 Å². The number of aryl methyl sites for hydroxylation is 2. The SMILES string of the molecule is COc1ccc(CCNC(=O)c2ccc(Cn3ccn4nc5c(c4c3=O)CCCC5)cc2)cc1OC. The number of benzene rings is 2. The Morgan fingerprint density at radius 1 is 0.972 bits per heavy atom. The molecule has 1 aliphatic carbocycles. The third-order valence-electron chi connectivity index (χ3n) is 6.75. The monoisotopic (exact) mass is 486 g/mol. The minimum absolute atomic E-state index is 0.0230. The fourth-order valence-electron chi connectivity index (χ4n) is 4.80. The van der Waals surface area contributed by atoms with Crippen LogP contribution in [0.4, 0.5) is 0 Å². The fraction of sp³-hybridized carbons (Fsp3) is 0.321. The van der Waals surface area contributed by atoms with Crippen molar-refractivity contribution < 1.29 is 14.3 Å². The van der Waals surface area contributed by atoms with Gasteiger partial charge in [0, 0.05) is 30.1 Å². The van der Waals surface area contributed by atoms with Crippen LogP contribution in [0.25, 0.3) is 5.52 Å². The minimum atomic E-state index is -0.133. The summed E-state index contributed by atoms with van der Waals surface area (Å²) in [6, 6.07) is 13.1. The number of aromatic nitrogens is 3. The molecule has 1 N–H and O–H groups in total. The summed E-state index contributed by atoms with van der Waals surface area (Å²) in [5.74, 6) is 1.21. The van der Waals surface area contributed by atoms with Gasteiger partial charge in [0.25, 0.3) is 11.5 Å². The van der Waals surface area contributed by atoms with Crippen LogP contribution in [0.2, 0.25) is 0 Å². The van der Waals surface area contributed by atoms with Gasteiger partial charge in [-0.3, -0.25) is 9.59 Å². The summed E-state index contributed by atoms with van der Waals surface area (Å²) in [7, 11) is 3.21. The van der Waals surface area contributed by atoms with E-state index >= 15 is 0 Å². The van der Waals surface area contributed by atoms with Crippen molar-refractivity contribution in [2.45, 2.75) is 38.6 Å². The van der Waals surface area contributed by atoms with Crippen molar-refractivity contribution in [2.24, 2.45) is 0 Å². The van der Waals surface area contributed by atoms with Crippen LogP contribution in [-0.2, 0) is 25.8 Å². The van der Waals surface area contributed by atoms with Gasteiger partial charge in [0.05, 0.1) is 26.5 Å². The molecule has 5 rings (SSSR count). The highest BCUT2D eigenvalue weighted by Crippen LogP contribution is 2.27. The number of nitrogens with zero attached hydrogens (tertiary/aromatic N) is 3. The zero-order valence-electron chi connectivity index (χ0n) is 20.6. The number of hydrogen-bond donors (Lipinski definition) is 1. The maximum absolute atomic E-state index is 13.2. The second-order valence-corrected chi connectivity index (χ2v) is 9.05. The fourth-order valence-corrected chi connectivity index (χ4v) is 4.80. The predicted octanol–water partition coefficient (Wildman–Crippen LogP) is 3.41. The normalized spacial score (nSPS) is 12.8. The number of amides is 1. The first-order chi connectivity index (χ1) is 17.6. The quantitative estimate of drug-likeness (QED) is 0.413. The van der Waals surface area contributed by atoms with E-state index in [9.17, 15) is 9.59 Å². The molecule has 0 spiro atoms. The van der Waals surface area contributed by atoms with Gasteiger partial charge in [-0.1, -0.05) is 18.2 Å². The Bertz CT molecular complexity index is 1450. The number of hydrogen-bond acceptors (Lipinski definition) is 5. The third-order valence-corrected chi connectivity index (χ3v) is 6.75. The molecule has 4 aromatic rings. The largest absolute Gasteiger partial charge is 0.493 e. The van der Waals surface area contributed by atoms with Crippen molar-refractivity contribution in [2.75, 3.05) is 20.8 Å². The molecule has 1 aliphatic rings. The molecular formula is C28H30N4O4. The van der Waals surface area contributed by atoms with E-state index in [4.69, 9.17) is 9.47 Å². The number of rotatable bonds is 8. The van der Waals surface area contributed by atoms with Crippen LogP contribution in [0.5, 0.6) is 11.5 Å². The number of carbonyl (C=O) groups excluding carboxylic acids is 1. The topological polar surface area (TPSA) is 86.9 Å². The highest BCUT2D eigenvalue weighted by Gasteiger charge is 2.19. The summed E-state index contributed by atoms with van der Waals surface area (Å²) in [5.41, 5.74) is 5.40. The van der Waals surface area contributed by atoms with E-state index in [1.54, 1.807) is 41.6 Å². The van der Waals surface area contributed by atoms with E-state index in [0.717, 1.165) is 48.1 Å². The number of nitrogens with one attached hydrogen (secondary N) is 1. The first-order valence-corrected chi connectivity index (χ1v) is 12.2. The molecule has 2 aromatic carbocycles. The Hall–Kier alpha value is -4.07. The maximum atomic E-state index is 13.2. The molecule has 0 aliphatic heterocycles. The standard InChI is InChI=1S/C28H30N4O4/c1-35-24-12-9-19(17-25(24)36-2)13-14-29-27(33)21-10-7-20(8-11-21)18-31-15-16-32-26(28(31)34)22-5-3-4-6-23(22)30-32/h7-12,15-17H,3-6,13-14,18H2,1-2H3,(H,29,33). The van der Waals surface area contributed by atoms with Crippen molar-refractivity contribution in [1.82, 2.24) is 19.5 Å². The average molecular weight is 487 g/mol. The molecule has 2 aromatic heterocycles. The number of carbonyl (C=O) groups is 1. The Morgan fingerprint density at radius 2 is 1.72 bits per heavy atom. The second kappa shape index (κ2) is 10.3. The van der Waals surface area contributed by atoms with Crippen LogP contribution in [0.15, 0.2) is 59.7 Å². The van der Waals surface area contributed by atoms with Gasteiger partial charge >= 0.3 is 0 Å². The maximum Gasteiger partial charge on any atom is 0.277 e. The summed E-state index contributed by atoms with van der Waals surface area (Å²) in [6.45, 7) is 0.942. The Kier molecular flexibility index (Phi) is 6.75. The summed E-state index contributed by atoms with van der Waals surface area (Å²) in [4.78, 5) is 25.8. The second-order valence-electron chi connectivity index (χ2n) is 9.05. The lowest BCUT2D eigenvalue weighted by molar-refractivity contribution is 0.0954. The van der Waals surface area contributed by atoms with Gasteiger partial charge in [-0.15, -0.1) is 0 Å². The molecule has 0 atom stereocenters. The molecule has 8 heteroatoms. The number of ether oxygens (including phenoxy) is 2. The number of fused-ring (bicyclic) bond motifs is 3. The van der Waals surface area contributed by atoms with E-state index < -0.39 is 0 Å². The molecule has 36 heavy (non-hydrogen) atoms. The highest BCUT2D eigenvalue weighted by atomic mass is 16.5. The molecule has 0 saturated carbocycles. The highest BCUT2D eigenvalue weighted by molar-refractivity contribution is 5.94. The zero-order valence-corrected chi connectivity index (χ0v) is 20.6. The molecular weight excluding hydrogens is 456 g/mol. The third kappa shape index (κ3) is 4.71. The zero-order chi connectivity index (χ0) is 25.1. The van der Waals surface area contributed by atoms with E-state index in [2.05, 4.69) is 10.4 Å². The van der Waals surface area contributed by atoms with Crippen molar-refractivity contribution >= 4 is 11.4 Å². The Morgan fingerprint density at radius 3 is 2.50 bits per heavy atom. The molecule has 0 fully saturated rings. The lowest BCUT2D eigenvalue weighted by atomic mass is 9.97. The summed E-state index contributed by atoms with van der Waals surface area (Å²) >= 11 is 0. The Balaban J connectivity index is 1.22. The van der Waals surface area contributed by atoms with Gasteiger partial charge in [0.2, 0.25) is 0 Å². The smallest absolute Gasteiger partial charge is 0.277 e. The van der Waals surface area contributed by atoms with Crippen LogP contribution in [0, 0.1) is 0 Å². The van der Waals surface area contributed by atoms with Crippen LogP contribution in [-0.4, -0.2) is 40.9 Å². The molecule has 0 unspecified atom stereocenters. The van der Waals surface area contributed by atoms with Crippen LogP contribution in [0.1, 0.15) is 45.6 Å².